The highest BCUT2D eigenvalue weighted by molar-refractivity contribution is 6.31. The minimum Gasteiger partial charge on any atom is -0.497 e. The molecule has 37 heavy (non-hydrogen) atoms. The summed E-state index contributed by atoms with van der Waals surface area (Å²) in [4.78, 5) is 28.6. The van der Waals surface area contributed by atoms with Crippen LogP contribution in [0.4, 0.5) is 0 Å². The maximum Gasteiger partial charge on any atom is 0.243 e. The summed E-state index contributed by atoms with van der Waals surface area (Å²) in [6, 6.07) is 23.7. The molecule has 0 unspecified atom stereocenters. The van der Waals surface area contributed by atoms with Crippen LogP contribution in [0.25, 0.3) is 0 Å². The lowest BCUT2D eigenvalue weighted by atomic mass is 10.0. The van der Waals surface area contributed by atoms with Crippen molar-refractivity contribution in [3.05, 3.63) is 95.0 Å². The Hall–Kier alpha value is -3.51. The van der Waals surface area contributed by atoms with Gasteiger partial charge < -0.3 is 19.7 Å². The number of methoxy groups -OCH3 is 1. The summed E-state index contributed by atoms with van der Waals surface area (Å²) in [6.45, 7) is 4.43. The summed E-state index contributed by atoms with van der Waals surface area (Å²) >= 11 is 6.45. The number of ether oxygens (including phenoxy) is 2. The fourth-order valence-corrected chi connectivity index (χ4v) is 4.17. The SMILES string of the molecule is COc1ccc(OCCCC(=O)N(Cc2ccccc2Cl)[C@H](Cc2ccccc2)C(=O)NC(C)C)cc1. The normalized spacial score (nSPS) is 11.6. The van der Waals surface area contributed by atoms with E-state index in [-0.39, 0.29) is 30.8 Å². The van der Waals surface area contributed by atoms with Crippen LogP contribution in [0.3, 0.4) is 0 Å². The number of carbonyl (C=O) groups is 2. The van der Waals surface area contributed by atoms with Crippen molar-refractivity contribution in [1.29, 1.82) is 0 Å². The Morgan fingerprint density at radius 2 is 1.57 bits per heavy atom. The predicted octanol–water partition coefficient (Wildman–Crippen LogP) is 5.67. The van der Waals surface area contributed by atoms with Crippen molar-refractivity contribution in [3.8, 4) is 11.5 Å². The molecule has 0 fully saturated rings. The Balaban J connectivity index is 1.77. The van der Waals surface area contributed by atoms with E-state index in [0.29, 0.717) is 30.2 Å². The molecule has 0 aliphatic rings. The van der Waals surface area contributed by atoms with Crippen LogP contribution in [0.5, 0.6) is 11.5 Å². The van der Waals surface area contributed by atoms with Gasteiger partial charge in [0.05, 0.1) is 13.7 Å². The molecule has 3 rings (SSSR count). The molecule has 1 N–H and O–H groups in total. The summed E-state index contributed by atoms with van der Waals surface area (Å²) in [5.41, 5.74) is 1.77. The molecule has 196 valence electrons. The van der Waals surface area contributed by atoms with Gasteiger partial charge in [-0.1, -0.05) is 60.1 Å². The standard InChI is InChI=1S/C30H35ClN2O4/c1-22(2)32-30(35)28(20-23-10-5-4-6-11-23)33(21-24-12-7-8-13-27(24)31)29(34)14-9-19-37-26-17-15-25(36-3)16-18-26/h4-8,10-13,15-18,22,28H,9,14,19-21H2,1-3H3,(H,32,35)/t28-/m1/s1. The Labute approximate surface area is 224 Å². The number of benzene rings is 3. The Bertz CT molecular complexity index is 1140. The second-order valence-electron chi connectivity index (χ2n) is 9.11. The largest absolute Gasteiger partial charge is 0.497 e. The number of carbonyl (C=O) groups excluding carboxylic acids is 2. The van der Waals surface area contributed by atoms with Crippen LogP contribution in [-0.4, -0.2) is 42.5 Å². The molecule has 0 aliphatic heterocycles. The smallest absolute Gasteiger partial charge is 0.243 e. The van der Waals surface area contributed by atoms with E-state index in [1.807, 2.05) is 86.6 Å². The number of halogens is 1. The van der Waals surface area contributed by atoms with Crippen molar-refractivity contribution in [3.63, 3.8) is 0 Å². The summed E-state index contributed by atoms with van der Waals surface area (Å²) in [5.74, 6) is 1.15. The Morgan fingerprint density at radius 1 is 0.919 bits per heavy atom. The molecule has 3 aromatic carbocycles. The fourth-order valence-electron chi connectivity index (χ4n) is 3.97. The third kappa shape index (κ3) is 8.83. The Kier molecular flexibility index (Phi) is 10.8. The molecule has 0 saturated carbocycles. The molecule has 1 atom stereocenters. The molecule has 6 nitrogen and oxygen atoms in total. The first-order valence-corrected chi connectivity index (χ1v) is 12.9. The summed E-state index contributed by atoms with van der Waals surface area (Å²) in [7, 11) is 1.61. The third-order valence-electron chi connectivity index (χ3n) is 5.86. The zero-order chi connectivity index (χ0) is 26.6. The molecular formula is C30H35ClN2O4. The van der Waals surface area contributed by atoms with E-state index >= 15 is 0 Å². The van der Waals surface area contributed by atoms with Gasteiger partial charge in [-0.2, -0.15) is 0 Å². The topological polar surface area (TPSA) is 67.9 Å². The van der Waals surface area contributed by atoms with E-state index < -0.39 is 6.04 Å². The van der Waals surface area contributed by atoms with E-state index in [9.17, 15) is 9.59 Å². The minimum atomic E-state index is -0.684. The lowest BCUT2D eigenvalue weighted by Gasteiger charge is -2.32. The zero-order valence-corrected chi connectivity index (χ0v) is 22.4. The van der Waals surface area contributed by atoms with Crippen LogP contribution in [0.2, 0.25) is 5.02 Å². The number of rotatable bonds is 13. The summed E-state index contributed by atoms with van der Waals surface area (Å²) in [6.07, 6.45) is 1.15. The van der Waals surface area contributed by atoms with Crippen molar-refractivity contribution in [1.82, 2.24) is 10.2 Å². The van der Waals surface area contributed by atoms with Crippen molar-refractivity contribution in [2.75, 3.05) is 13.7 Å². The molecule has 0 heterocycles. The van der Waals surface area contributed by atoms with Gasteiger partial charge in [-0.25, -0.2) is 0 Å². The molecule has 0 aromatic heterocycles. The lowest BCUT2D eigenvalue weighted by Crippen LogP contribution is -2.51. The number of hydrogen-bond donors (Lipinski definition) is 1. The van der Waals surface area contributed by atoms with E-state index in [0.717, 1.165) is 16.9 Å². The van der Waals surface area contributed by atoms with Gasteiger partial charge in [0.15, 0.2) is 0 Å². The van der Waals surface area contributed by atoms with Crippen LogP contribution in [0.1, 0.15) is 37.8 Å². The molecule has 0 radical (unpaired) electrons. The van der Waals surface area contributed by atoms with E-state index in [2.05, 4.69) is 5.32 Å². The van der Waals surface area contributed by atoms with Gasteiger partial charge in [-0.15, -0.1) is 0 Å². The third-order valence-corrected chi connectivity index (χ3v) is 6.23. The van der Waals surface area contributed by atoms with Crippen molar-refractivity contribution >= 4 is 23.4 Å². The quantitative estimate of drug-likeness (QED) is 0.294. The van der Waals surface area contributed by atoms with Crippen LogP contribution in [-0.2, 0) is 22.6 Å². The molecule has 0 saturated heterocycles. The van der Waals surface area contributed by atoms with Crippen LogP contribution in [0, 0.1) is 0 Å². The maximum absolute atomic E-state index is 13.6. The summed E-state index contributed by atoms with van der Waals surface area (Å²) in [5, 5.41) is 3.56. The van der Waals surface area contributed by atoms with Gasteiger partial charge in [-0.05, 0) is 61.7 Å². The second-order valence-corrected chi connectivity index (χ2v) is 9.52. The first kappa shape index (κ1) is 28.1. The van der Waals surface area contributed by atoms with E-state index in [4.69, 9.17) is 21.1 Å². The van der Waals surface area contributed by atoms with Gasteiger partial charge in [0.2, 0.25) is 11.8 Å². The van der Waals surface area contributed by atoms with Gasteiger partial charge in [-0.3, -0.25) is 9.59 Å². The van der Waals surface area contributed by atoms with Gasteiger partial charge in [0.25, 0.3) is 0 Å². The average molecular weight is 523 g/mol. The number of nitrogens with zero attached hydrogens (tertiary/aromatic N) is 1. The first-order valence-electron chi connectivity index (χ1n) is 12.5. The molecule has 0 aliphatic carbocycles. The Morgan fingerprint density at radius 3 is 2.22 bits per heavy atom. The summed E-state index contributed by atoms with van der Waals surface area (Å²) < 4.78 is 11.0. The van der Waals surface area contributed by atoms with Crippen LogP contribution < -0.4 is 14.8 Å². The van der Waals surface area contributed by atoms with E-state index in [1.165, 1.54) is 0 Å². The number of amides is 2. The fraction of sp³-hybridized carbons (Fsp3) is 0.333. The second kappa shape index (κ2) is 14.3. The molecular weight excluding hydrogens is 488 g/mol. The molecule has 2 amide bonds. The van der Waals surface area contributed by atoms with Crippen LogP contribution >= 0.6 is 11.6 Å². The van der Waals surface area contributed by atoms with Crippen molar-refractivity contribution in [2.45, 2.75) is 51.7 Å². The first-order chi connectivity index (χ1) is 17.9. The van der Waals surface area contributed by atoms with Crippen molar-refractivity contribution in [2.24, 2.45) is 0 Å². The zero-order valence-electron chi connectivity index (χ0n) is 21.7. The minimum absolute atomic E-state index is 0.0547. The van der Waals surface area contributed by atoms with Gasteiger partial charge in [0.1, 0.15) is 17.5 Å². The lowest BCUT2D eigenvalue weighted by molar-refractivity contribution is -0.141. The monoisotopic (exact) mass is 522 g/mol. The molecule has 0 bridgehead atoms. The highest BCUT2D eigenvalue weighted by Gasteiger charge is 2.30. The predicted molar refractivity (Wildman–Crippen MR) is 147 cm³/mol. The number of nitrogens with one attached hydrogen (secondary N) is 1. The van der Waals surface area contributed by atoms with Gasteiger partial charge in [0, 0.05) is 30.5 Å². The molecule has 7 heteroatoms. The molecule has 0 spiro atoms. The number of hydrogen-bond acceptors (Lipinski definition) is 4. The van der Waals surface area contributed by atoms with E-state index in [1.54, 1.807) is 18.1 Å². The van der Waals surface area contributed by atoms with Crippen LogP contribution in [0.15, 0.2) is 78.9 Å². The highest BCUT2D eigenvalue weighted by atomic mass is 35.5. The highest BCUT2D eigenvalue weighted by Crippen LogP contribution is 2.22. The van der Waals surface area contributed by atoms with Crippen molar-refractivity contribution < 1.29 is 19.1 Å². The molecule has 3 aromatic rings. The average Bonchev–Trinajstić information content (AvgIpc) is 2.90. The van der Waals surface area contributed by atoms with Gasteiger partial charge >= 0.3 is 0 Å². The maximum atomic E-state index is 13.6.